The minimum atomic E-state index is -0.453. The second-order valence-electron chi connectivity index (χ2n) is 5.52. The van der Waals surface area contributed by atoms with E-state index in [0.717, 1.165) is 22.3 Å². The number of amides is 2. The normalized spacial score (nSPS) is 12.8. The number of rotatable bonds is 1. The molecule has 1 heterocycles. The average molecular weight is 379 g/mol. The quantitative estimate of drug-likeness (QED) is 0.579. The van der Waals surface area contributed by atoms with Gasteiger partial charge in [-0.05, 0) is 35.2 Å². The Morgan fingerprint density at radius 3 is 2.40 bits per heavy atom. The average Bonchev–Trinajstić information content (AvgIpc) is 2.55. The van der Waals surface area contributed by atoms with E-state index >= 15 is 0 Å². The zero-order valence-electron chi connectivity index (χ0n) is 12.8. The molecular weight excluding hydrogens is 359 g/mol. The first-order chi connectivity index (χ1) is 11.5. The number of carbonyl (C=O) groups is 1. The van der Waals surface area contributed by atoms with Crippen LogP contribution in [0.5, 0.6) is 0 Å². The Morgan fingerprint density at radius 2 is 1.72 bits per heavy atom. The molecule has 132 valence electrons. The molecule has 2 aromatic rings. The first-order valence-electron chi connectivity index (χ1n) is 7.41. The van der Waals surface area contributed by atoms with Crippen LogP contribution < -0.4 is 11.5 Å². The van der Waals surface area contributed by atoms with Gasteiger partial charge in [0.15, 0.2) is 5.96 Å². The lowest BCUT2D eigenvalue weighted by Gasteiger charge is -2.30. The van der Waals surface area contributed by atoms with E-state index in [9.17, 15) is 4.79 Å². The van der Waals surface area contributed by atoms with Crippen molar-refractivity contribution in [2.24, 2.45) is 16.5 Å². The fourth-order valence-corrected chi connectivity index (χ4v) is 3.42. The maximum atomic E-state index is 12.1. The highest BCUT2D eigenvalue weighted by Gasteiger charge is 2.25. The summed E-state index contributed by atoms with van der Waals surface area (Å²) in [6.45, 7) is 0.889. The molecule has 0 fully saturated rings. The van der Waals surface area contributed by atoms with Gasteiger partial charge in [0.1, 0.15) is 0 Å². The van der Waals surface area contributed by atoms with Gasteiger partial charge in [-0.25, -0.2) is 4.79 Å². The summed E-state index contributed by atoms with van der Waals surface area (Å²) < 4.78 is 0. The number of guanidine groups is 1. The van der Waals surface area contributed by atoms with Crippen LogP contribution in [0.15, 0.2) is 41.4 Å². The number of carbonyl (C=O) groups excluding carboxylic acids is 1. The standard InChI is InChI=1S/C17H16Cl2N4O.CH4/c18-14-4-2-1-3-11(14)10-5-6-15(19)12-7-8-23(9-13(10)12)17(24)22-16(20)21;/h1-6H,7-9H2,(H4,20,21,22,24);1H4. The summed E-state index contributed by atoms with van der Waals surface area (Å²) in [5.74, 6) is -0.247. The van der Waals surface area contributed by atoms with Crippen LogP contribution in [0.1, 0.15) is 18.6 Å². The third-order valence-corrected chi connectivity index (χ3v) is 4.70. The number of urea groups is 1. The lowest BCUT2D eigenvalue weighted by molar-refractivity contribution is 0.203. The van der Waals surface area contributed by atoms with E-state index in [-0.39, 0.29) is 13.4 Å². The molecule has 0 spiro atoms. The zero-order valence-corrected chi connectivity index (χ0v) is 14.3. The predicted octanol–water partition coefficient (Wildman–Crippen LogP) is 4.05. The van der Waals surface area contributed by atoms with Crippen molar-refractivity contribution >= 4 is 35.2 Å². The third kappa shape index (κ3) is 3.89. The largest absolute Gasteiger partial charge is 0.370 e. The molecule has 2 aromatic carbocycles. The lowest BCUT2D eigenvalue weighted by atomic mass is 9.91. The van der Waals surface area contributed by atoms with E-state index in [1.54, 1.807) is 4.90 Å². The third-order valence-electron chi connectivity index (χ3n) is 4.01. The second-order valence-corrected chi connectivity index (χ2v) is 6.34. The van der Waals surface area contributed by atoms with E-state index in [1.807, 2.05) is 36.4 Å². The molecule has 3 rings (SSSR count). The maximum Gasteiger partial charge on any atom is 0.347 e. The zero-order chi connectivity index (χ0) is 17.3. The number of fused-ring (bicyclic) bond motifs is 1. The number of aliphatic imine (C=N–C) groups is 1. The van der Waals surface area contributed by atoms with Crippen molar-refractivity contribution in [2.75, 3.05) is 6.54 Å². The Labute approximate surface area is 157 Å². The van der Waals surface area contributed by atoms with Crippen LogP contribution in [0, 0.1) is 0 Å². The van der Waals surface area contributed by atoms with E-state index < -0.39 is 6.03 Å². The number of nitrogens with two attached hydrogens (primary N) is 2. The van der Waals surface area contributed by atoms with Gasteiger partial charge in [0.2, 0.25) is 0 Å². The molecule has 2 amide bonds. The molecule has 5 nitrogen and oxygen atoms in total. The van der Waals surface area contributed by atoms with Gasteiger partial charge in [-0.2, -0.15) is 4.99 Å². The van der Waals surface area contributed by atoms with Gasteiger partial charge in [0.05, 0.1) is 0 Å². The topological polar surface area (TPSA) is 84.7 Å². The number of hydrogen-bond donors (Lipinski definition) is 2. The number of halogens is 2. The Morgan fingerprint density at radius 1 is 1.00 bits per heavy atom. The van der Waals surface area contributed by atoms with Crippen molar-refractivity contribution in [2.45, 2.75) is 20.4 Å². The summed E-state index contributed by atoms with van der Waals surface area (Å²) in [5.41, 5.74) is 14.5. The minimum absolute atomic E-state index is 0. The summed E-state index contributed by atoms with van der Waals surface area (Å²) in [5, 5.41) is 1.34. The Hall–Kier alpha value is -2.24. The van der Waals surface area contributed by atoms with Crippen LogP contribution in [0.2, 0.25) is 10.0 Å². The predicted molar refractivity (Wildman–Crippen MR) is 104 cm³/mol. The summed E-state index contributed by atoms with van der Waals surface area (Å²) in [6.07, 6.45) is 0.637. The number of nitrogens with zero attached hydrogens (tertiary/aromatic N) is 2. The van der Waals surface area contributed by atoms with Crippen LogP contribution in [-0.2, 0) is 13.0 Å². The first-order valence-corrected chi connectivity index (χ1v) is 8.16. The summed E-state index contributed by atoms with van der Waals surface area (Å²) in [7, 11) is 0. The molecule has 0 saturated carbocycles. The highest BCUT2D eigenvalue weighted by atomic mass is 35.5. The smallest absolute Gasteiger partial charge is 0.347 e. The van der Waals surface area contributed by atoms with Gasteiger partial charge in [-0.3, -0.25) is 0 Å². The van der Waals surface area contributed by atoms with Gasteiger partial charge >= 0.3 is 6.03 Å². The van der Waals surface area contributed by atoms with E-state index in [0.29, 0.717) is 29.6 Å². The molecular formula is C18H20Cl2N4O. The molecule has 0 radical (unpaired) electrons. The fraction of sp³-hybridized carbons (Fsp3) is 0.222. The maximum absolute atomic E-state index is 12.1. The second kappa shape index (κ2) is 7.76. The summed E-state index contributed by atoms with van der Waals surface area (Å²) in [6, 6.07) is 10.9. The van der Waals surface area contributed by atoms with Gasteiger partial charge in [-0.1, -0.05) is 54.9 Å². The fourth-order valence-electron chi connectivity index (χ4n) is 2.91. The van der Waals surface area contributed by atoms with Crippen LogP contribution >= 0.6 is 23.2 Å². The Bertz CT molecular complexity index is 832. The van der Waals surface area contributed by atoms with Crippen molar-refractivity contribution < 1.29 is 4.79 Å². The summed E-state index contributed by atoms with van der Waals surface area (Å²) >= 11 is 12.7. The van der Waals surface area contributed by atoms with Gasteiger partial charge in [-0.15, -0.1) is 0 Å². The lowest BCUT2D eigenvalue weighted by Crippen LogP contribution is -2.36. The highest BCUT2D eigenvalue weighted by Crippen LogP contribution is 2.37. The number of benzene rings is 2. The summed E-state index contributed by atoms with van der Waals surface area (Å²) in [4.78, 5) is 17.3. The van der Waals surface area contributed by atoms with Crippen molar-refractivity contribution in [3.05, 3.63) is 57.6 Å². The SMILES string of the molecule is C.NC(N)=NC(=O)N1CCc2c(Cl)ccc(-c3ccccc3Cl)c2C1. The Balaban J connectivity index is 0.00000225. The molecule has 4 N–H and O–H groups in total. The van der Waals surface area contributed by atoms with Crippen LogP contribution in [0.3, 0.4) is 0 Å². The molecule has 0 aromatic heterocycles. The monoisotopic (exact) mass is 378 g/mol. The molecule has 25 heavy (non-hydrogen) atoms. The van der Waals surface area contributed by atoms with Crippen molar-refractivity contribution in [3.8, 4) is 11.1 Å². The van der Waals surface area contributed by atoms with E-state index in [1.165, 1.54) is 0 Å². The molecule has 0 atom stereocenters. The van der Waals surface area contributed by atoms with Crippen LogP contribution in [0.4, 0.5) is 4.79 Å². The molecule has 1 aliphatic rings. The molecule has 0 saturated heterocycles. The van der Waals surface area contributed by atoms with E-state index in [4.69, 9.17) is 34.7 Å². The van der Waals surface area contributed by atoms with Crippen LogP contribution in [0.25, 0.3) is 11.1 Å². The van der Waals surface area contributed by atoms with Gasteiger partial charge in [0.25, 0.3) is 0 Å². The van der Waals surface area contributed by atoms with E-state index in [2.05, 4.69) is 4.99 Å². The molecule has 0 bridgehead atoms. The number of hydrogen-bond acceptors (Lipinski definition) is 1. The van der Waals surface area contributed by atoms with Crippen molar-refractivity contribution in [3.63, 3.8) is 0 Å². The van der Waals surface area contributed by atoms with Gasteiger partial charge < -0.3 is 16.4 Å². The van der Waals surface area contributed by atoms with Crippen molar-refractivity contribution in [1.82, 2.24) is 4.90 Å². The molecule has 0 unspecified atom stereocenters. The molecule has 0 aliphatic carbocycles. The first kappa shape index (κ1) is 19.1. The molecule has 7 heteroatoms. The minimum Gasteiger partial charge on any atom is -0.370 e. The molecule has 1 aliphatic heterocycles. The highest BCUT2D eigenvalue weighted by molar-refractivity contribution is 6.33. The van der Waals surface area contributed by atoms with Gasteiger partial charge in [0, 0.05) is 28.7 Å². The Kier molecular flexibility index (Phi) is 5.93. The van der Waals surface area contributed by atoms with Crippen molar-refractivity contribution in [1.29, 1.82) is 0 Å². The van der Waals surface area contributed by atoms with Crippen LogP contribution in [-0.4, -0.2) is 23.4 Å².